The first-order chi connectivity index (χ1) is 13.0. The molecule has 1 N–H and O–H groups in total. The molecule has 5 nitrogen and oxygen atoms in total. The monoisotopic (exact) mass is 370 g/mol. The van der Waals surface area contributed by atoms with Gasteiger partial charge in [-0.05, 0) is 62.8 Å². The Morgan fingerprint density at radius 1 is 1.11 bits per heavy atom. The van der Waals surface area contributed by atoms with Gasteiger partial charge in [-0.25, -0.2) is 0 Å². The number of hydrogen-bond donors (Lipinski definition) is 1. The molecule has 0 saturated heterocycles. The van der Waals surface area contributed by atoms with Crippen molar-refractivity contribution in [1.29, 1.82) is 0 Å². The van der Waals surface area contributed by atoms with Gasteiger partial charge < -0.3 is 19.7 Å². The van der Waals surface area contributed by atoms with E-state index in [2.05, 4.69) is 10.2 Å². The van der Waals surface area contributed by atoms with Gasteiger partial charge in [0.05, 0.1) is 19.8 Å². The molecule has 0 bridgehead atoms. The second-order valence-corrected chi connectivity index (χ2v) is 6.83. The molecule has 2 aromatic carbocycles. The number of nitrogens with one attached hydrogen (secondary N) is 1. The summed E-state index contributed by atoms with van der Waals surface area (Å²) in [4.78, 5) is 14.3. The average molecular weight is 370 g/mol. The van der Waals surface area contributed by atoms with E-state index in [4.69, 9.17) is 9.47 Å². The number of rotatable bonds is 10. The largest absolute Gasteiger partial charge is 0.497 e. The molecule has 0 aliphatic carbocycles. The van der Waals surface area contributed by atoms with Gasteiger partial charge >= 0.3 is 0 Å². The van der Waals surface area contributed by atoms with Gasteiger partial charge in [0.15, 0.2) is 0 Å². The van der Waals surface area contributed by atoms with Gasteiger partial charge in [0.25, 0.3) is 0 Å². The van der Waals surface area contributed by atoms with Gasteiger partial charge in [-0.3, -0.25) is 4.79 Å². The van der Waals surface area contributed by atoms with Crippen molar-refractivity contribution in [1.82, 2.24) is 10.2 Å². The second-order valence-electron chi connectivity index (χ2n) is 6.83. The van der Waals surface area contributed by atoms with Crippen LogP contribution < -0.4 is 14.8 Å². The van der Waals surface area contributed by atoms with Gasteiger partial charge in [0.2, 0.25) is 5.91 Å². The molecule has 0 aromatic heterocycles. The van der Waals surface area contributed by atoms with Gasteiger partial charge in [0.1, 0.15) is 11.5 Å². The van der Waals surface area contributed by atoms with Crippen LogP contribution in [0.3, 0.4) is 0 Å². The molecule has 0 heterocycles. The van der Waals surface area contributed by atoms with Gasteiger partial charge in [-0.15, -0.1) is 0 Å². The topological polar surface area (TPSA) is 50.8 Å². The first-order valence-electron chi connectivity index (χ1n) is 9.26. The van der Waals surface area contributed by atoms with E-state index in [-0.39, 0.29) is 11.9 Å². The van der Waals surface area contributed by atoms with Gasteiger partial charge in [-0.2, -0.15) is 0 Å². The Hall–Kier alpha value is -2.53. The predicted molar refractivity (Wildman–Crippen MR) is 108 cm³/mol. The van der Waals surface area contributed by atoms with E-state index in [0.29, 0.717) is 26.0 Å². The Morgan fingerprint density at radius 2 is 1.85 bits per heavy atom. The molecule has 1 atom stereocenters. The normalized spacial score (nSPS) is 11.9. The molecule has 2 rings (SSSR count). The lowest BCUT2D eigenvalue weighted by atomic mass is 10.1. The van der Waals surface area contributed by atoms with Crippen LogP contribution in [0.2, 0.25) is 0 Å². The van der Waals surface area contributed by atoms with Crippen molar-refractivity contribution in [2.45, 2.75) is 25.8 Å². The van der Waals surface area contributed by atoms with Crippen molar-refractivity contribution in [2.75, 3.05) is 34.4 Å². The molecular formula is C22H30N2O3. The number of aryl methyl sites for hydroxylation is 1. The van der Waals surface area contributed by atoms with Crippen molar-refractivity contribution in [3.05, 3.63) is 59.7 Å². The van der Waals surface area contributed by atoms with E-state index < -0.39 is 0 Å². The summed E-state index contributed by atoms with van der Waals surface area (Å²) in [6.07, 6.45) is 1.14. The summed E-state index contributed by atoms with van der Waals surface area (Å²) in [5.41, 5.74) is 2.31. The lowest BCUT2D eigenvalue weighted by molar-refractivity contribution is -0.121. The Kier molecular flexibility index (Phi) is 8.14. The van der Waals surface area contributed by atoms with Crippen LogP contribution in [-0.2, 0) is 4.79 Å². The number of ether oxygens (including phenoxy) is 2. The Balaban J connectivity index is 1.74. The lowest BCUT2D eigenvalue weighted by Gasteiger charge is -2.25. The summed E-state index contributed by atoms with van der Waals surface area (Å²) in [6.45, 7) is 3.13. The quantitative estimate of drug-likeness (QED) is 0.650. The van der Waals surface area contributed by atoms with Crippen molar-refractivity contribution in [3.63, 3.8) is 0 Å². The minimum Gasteiger partial charge on any atom is -0.497 e. The van der Waals surface area contributed by atoms with E-state index >= 15 is 0 Å². The zero-order valence-corrected chi connectivity index (χ0v) is 16.7. The molecule has 2 aromatic rings. The number of methoxy groups -OCH3 is 1. The number of likely N-dealkylation sites (N-methyl/N-ethyl adjacent to an activating group) is 1. The van der Waals surface area contributed by atoms with E-state index in [1.807, 2.05) is 69.6 Å². The maximum absolute atomic E-state index is 12.2. The maximum Gasteiger partial charge on any atom is 0.220 e. The standard InChI is InChI=1S/C22H30N2O3/c1-17-7-5-8-20(15-17)27-14-6-9-22(25)23-16-21(24(2)3)18-10-12-19(26-4)13-11-18/h5,7-8,10-13,15,21H,6,9,14,16H2,1-4H3,(H,23,25). The first kappa shape index (κ1) is 20.8. The third kappa shape index (κ3) is 6.94. The summed E-state index contributed by atoms with van der Waals surface area (Å²) >= 11 is 0. The highest BCUT2D eigenvalue weighted by atomic mass is 16.5. The molecule has 0 aliphatic rings. The van der Waals surface area contributed by atoms with Crippen molar-refractivity contribution in [3.8, 4) is 11.5 Å². The summed E-state index contributed by atoms with van der Waals surface area (Å²) < 4.78 is 10.9. The summed E-state index contributed by atoms with van der Waals surface area (Å²) in [7, 11) is 5.68. The fourth-order valence-corrected chi connectivity index (χ4v) is 2.85. The second kappa shape index (κ2) is 10.6. The highest BCUT2D eigenvalue weighted by Crippen LogP contribution is 2.20. The predicted octanol–water partition coefficient (Wildman–Crippen LogP) is 3.58. The van der Waals surface area contributed by atoms with Crippen LogP contribution in [0.4, 0.5) is 0 Å². The summed E-state index contributed by atoms with van der Waals surface area (Å²) in [6, 6.07) is 16.0. The number of amides is 1. The molecule has 1 unspecified atom stereocenters. The summed E-state index contributed by atoms with van der Waals surface area (Å²) in [5.74, 6) is 1.72. The summed E-state index contributed by atoms with van der Waals surface area (Å²) in [5, 5.41) is 3.03. The van der Waals surface area contributed by atoms with Crippen molar-refractivity contribution < 1.29 is 14.3 Å². The van der Waals surface area contributed by atoms with Crippen LogP contribution in [0.5, 0.6) is 11.5 Å². The van der Waals surface area contributed by atoms with Gasteiger partial charge in [-0.1, -0.05) is 24.3 Å². The third-order valence-electron chi connectivity index (χ3n) is 4.42. The highest BCUT2D eigenvalue weighted by molar-refractivity contribution is 5.75. The van der Waals surface area contributed by atoms with Crippen LogP contribution in [0.1, 0.15) is 30.0 Å². The molecule has 27 heavy (non-hydrogen) atoms. The molecule has 0 fully saturated rings. The number of carbonyl (C=O) groups excluding carboxylic acids is 1. The fraction of sp³-hybridized carbons (Fsp3) is 0.409. The Labute approximate surface area is 162 Å². The SMILES string of the molecule is COc1ccc(C(CNC(=O)CCCOc2cccc(C)c2)N(C)C)cc1. The Bertz CT molecular complexity index is 714. The average Bonchev–Trinajstić information content (AvgIpc) is 2.66. The fourth-order valence-electron chi connectivity index (χ4n) is 2.85. The first-order valence-corrected chi connectivity index (χ1v) is 9.26. The number of carbonyl (C=O) groups is 1. The number of hydrogen-bond acceptors (Lipinski definition) is 4. The molecule has 0 spiro atoms. The highest BCUT2D eigenvalue weighted by Gasteiger charge is 2.15. The van der Waals surface area contributed by atoms with Crippen LogP contribution >= 0.6 is 0 Å². The molecule has 0 radical (unpaired) electrons. The van der Waals surface area contributed by atoms with Crippen molar-refractivity contribution in [2.24, 2.45) is 0 Å². The molecule has 0 saturated carbocycles. The minimum atomic E-state index is 0.0446. The lowest BCUT2D eigenvalue weighted by Crippen LogP contribution is -2.34. The zero-order chi connectivity index (χ0) is 19.6. The van der Waals surface area contributed by atoms with Crippen LogP contribution in [0.25, 0.3) is 0 Å². The van der Waals surface area contributed by atoms with E-state index in [1.54, 1.807) is 7.11 Å². The van der Waals surface area contributed by atoms with Crippen molar-refractivity contribution >= 4 is 5.91 Å². The van der Waals surface area contributed by atoms with Crippen LogP contribution in [0.15, 0.2) is 48.5 Å². The van der Waals surface area contributed by atoms with E-state index in [9.17, 15) is 4.79 Å². The molecule has 5 heteroatoms. The number of nitrogens with zero attached hydrogens (tertiary/aromatic N) is 1. The molecule has 0 aliphatic heterocycles. The minimum absolute atomic E-state index is 0.0446. The van der Waals surface area contributed by atoms with Gasteiger partial charge in [0, 0.05) is 13.0 Å². The number of benzene rings is 2. The van der Waals surface area contributed by atoms with E-state index in [0.717, 1.165) is 17.1 Å². The molecule has 1 amide bonds. The Morgan fingerprint density at radius 3 is 2.48 bits per heavy atom. The maximum atomic E-state index is 12.2. The van der Waals surface area contributed by atoms with Crippen LogP contribution in [0, 0.1) is 6.92 Å². The smallest absolute Gasteiger partial charge is 0.220 e. The third-order valence-corrected chi connectivity index (χ3v) is 4.42. The zero-order valence-electron chi connectivity index (χ0n) is 16.7. The molecule has 146 valence electrons. The van der Waals surface area contributed by atoms with Crippen LogP contribution in [-0.4, -0.2) is 45.2 Å². The van der Waals surface area contributed by atoms with E-state index in [1.165, 1.54) is 5.56 Å². The molecular weight excluding hydrogens is 340 g/mol.